The molecule has 0 aromatic heterocycles. The fourth-order valence-electron chi connectivity index (χ4n) is 2.78. The molecule has 2 aromatic carbocycles. The highest BCUT2D eigenvalue weighted by atomic mass is 16.5. The fraction of sp³-hybridized carbons (Fsp3) is 0.263. The van der Waals surface area contributed by atoms with E-state index in [-0.39, 0.29) is 6.17 Å². The van der Waals surface area contributed by atoms with Crippen LogP contribution in [-0.2, 0) is 4.74 Å². The number of ether oxygens (including phenoxy) is 1. The predicted octanol–water partition coefficient (Wildman–Crippen LogP) is 3.04. The van der Waals surface area contributed by atoms with Crippen LogP contribution in [0.1, 0.15) is 22.9 Å². The molecule has 0 saturated carbocycles. The van der Waals surface area contributed by atoms with Crippen molar-refractivity contribution in [3.05, 3.63) is 77.9 Å². The van der Waals surface area contributed by atoms with Crippen LogP contribution in [0.3, 0.4) is 0 Å². The zero-order valence-electron chi connectivity index (χ0n) is 12.7. The van der Waals surface area contributed by atoms with Gasteiger partial charge < -0.3 is 10.5 Å². The van der Waals surface area contributed by atoms with Gasteiger partial charge in [-0.2, -0.15) is 0 Å². The largest absolute Gasteiger partial charge is 0.379 e. The van der Waals surface area contributed by atoms with Gasteiger partial charge in [0, 0.05) is 13.1 Å². The van der Waals surface area contributed by atoms with Crippen molar-refractivity contribution in [1.82, 2.24) is 4.90 Å². The minimum atomic E-state index is -0.0903. The third-order valence-corrected chi connectivity index (χ3v) is 4.14. The number of benzene rings is 2. The van der Waals surface area contributed by atoms with E-state index in [4.69, 9.17) is 10.5 Å². The Morgan fingerprint density at radius 3 is 2.41 bits per heavy atom. The van der Waals surface area contributed by atoms with Crippen LogP contribution in [0.25, 0.3) is 5.57 Å². The molecule has 3 nitrogen and oxygen atoms in total. The lowest BCUT2D eigenvalue weighted by Crippen LogP contribution is -2.42. The minimum Gasteiger partial charge on any atom is -0.379 e. The molecule has 1 atom stereocenters. The molecule has 1 saturated heterocycles. The lowest BCUT2D eigenvalue weighted by molar-refractivity contribution is 0.0173. The number of hydrogen-bond acceptors (Lipinski definition) is 3. The molecule has 0 aliphatic carbocycles. The van der Waals surface area contributed by atoms with Crippen LogP contribution >= 0.6 is 0 Å². The van der Waals surface area contributed by atoms with Gasteiger partial charge in [-0.3, -0.25) is 4.90 Å². The molecule has 0 radical (unpaired) electrons. The third-order valence-electron chi connectivity index (χ3n) is 4.14. The van der Waals surface area contributed by atoms with Gasteiger partial charge in [0.05, 0.1) is 19.4 Å². The van der Waals surface area contributed by atoms with E-state index >= 15 is 0 Å². The maximum atomic E-state index is 6.42. The second-order valence-corrected chi connectivity index (χ2v) is 5.56. The molecule has 0 bridgehead atoms. The molecule has 1 aliphatic rings. The van der Waals surface area contributed by atoms with Crippen molar-refractivity contribution in [2.75, 3.05) is 26.3 Å². The van der Waals surface area contributed by atoms with Crippen molar-refractivity contribution < 1.29 is 4.74 Å². The second kappa shape index (κ2) is 6.88. The van der Waals surface area contributed by atoms with Crippen LogP contribution in [0.2, 0.25) is 0 Å². The summed E-state index contributed by atoms with van der Waals surface area (Å²) in [6, 6.07) is 18.6. The molecule has 1 unspecified atom stereocenters. The summed E-state index contributed by atoms with van der Waals surface area (Å²) in [7, 11) is 0. The Kier molecular flexibility index (Phi) is 4.68. The highest BCUT2D eigenvalue weighted by Gasteiger charge is 2.19. The van der Waals surface area contributed by atoms with Gasteiger partial charge in [0.15, 0.2) is 0 Å². The van der Waals surface area contributed by atoms with Gasteiger partial charge in [-0.1, -0.05) is 55.1 Å². The number of rotatable bonds is 4. The molecule has 0 spiro atoms. The van der Waals surface area contributed by atoms with Gasteiger partial charge in [0.1, 0.15) is 0 Å². The van der Waals surface area contributed by atoms with Gasteiger partial charge in [0.2, 0.25) is 0 Å². The lowest BCUT2D eigenvalue weighted by Gasteiger charge is -2.32. The monoisotopic (exact) mass is 294 g/mol. The van der Waals surface area contributed by atoms with E-state index in [1.165, 1.54) is 0 Å². The summed E-state index contributed by atoms with van der Waals surface area (Å²) in [5.74, 6) is 0. The van der Waals surface area contributed by atoms with Crippen molar-refractivity contribution in [2.45, 2.75) is 6.17 Å². The molecule has 1 aliphatic heterocycles. The first-order valence-corrected chi connectivity index (χ1v) is 7.68. The van der Waals surface area contributed by atoms with Crippen LogP contribution in [0.5, 0.6) is 0 Å². The predicted molar refractivity (Wildman–Crippen MR) is 90.3 cm³/mol. The van der Waals surface area contributed by atoms with Crippen LogP contribution < -0.4 is 5.73 Å². The third kappa shape index (κ3) is 3.28. The molecule has 1 heterocycles. The average Bonchev–Trinajstić information content (AvgIpc) is 2.62. The summed E-state index contributed by atoms with van der Waals surface area (Å²) in [5.41, 5.74) is 10.8. The molecule has 3 rings (SSSR count). The molecule has 1 fully saturated rings. The molecule has 2 N–H and O–H groups in total. The summed E-state index contributed by atoms with van der Waals surface area (Å²) in [6.45, 7) is 7.50. The normalized spacial score (nSPS) is 17.1. The van der Waals surface area contributed by atoms with Gasteiger partial charge in [-0.15, -0.1) is 0 Å². The molecule has 2 aromatic rings. The zero-order chi connectivity index (χ0) is 15.4. The molecule has 3 heteroatoms. The summed E-state index contributed by atoms with van der Waals surface area (Å²) in [4.78, 5) is 2.26. The first-order valence-electron chi connectivity index (χ1n) is 7.68. The SMILES string of the molecule is C=C(c1ccccc1)c1cccc(C(N)N2CCOCC2)c1. The molecule has 0 amide bonds. The summed E-state index contributed by atoms with van der Waals surface area (Å²) in [6.07, 6.45) is -0.0903. The van der Waals surface area contributed by atoms with Gasteiger partial charge in [-0.25, -0.2) is 0 Å². The van der Waals surface area contributed by atoms with Crippen molar-refractivity contribution in [1.29, 1.82) is 0 Å². The topological polar surface area (TPSA) is 38.5 Å². The number of nitrogens with zero attached hydrogens (tertiary/aromatic N) is 1. The highest BCUT2D eigenvalue weighted by Crippen LogP contribution is 2.25. The summed E-state index contributed by atoms with van der Waals surface area (Å²) in [5, 5.41) is 0. The van der Waals surface area contributed by atoms with Crippen LogP contribution in [0, 0.1) is 0 Å². The average molecular weight is 294 g/mol. The molecular weight excluding hydrogens is 272 g/mol. The molecule has 114 valence electrons. The Labute approximate surface area is 132 Å². The summed E-state index contributed by atoms with van der Waals surface area (Å²) < 4.78 is 5.39. The van der Waals surface area contributed by atoms with Crippen molar-refractivity contribution >= 4 is 5.57 Å². The Balaban J connectivity index is 1.81. The Hall–Kier alpha value is -1.94. The minimum absolute atomic E-state index is 0.0903. The van der Waals surface area contributed by atoms with Crippen LogP contribution in [0.15, 0.2) is 61.2 Å². The number of hydrogen-bond donors (Lipinski definition) is 1. The maximum absolute atomic E-state index is 6.42. The van der Waals surface area contributed by atoms with E-state index in [1.807, 2.05) is 18.2 Å². The van der Waals surface area contributed by atoms with Crippen LogP contribution in [-0.4, -0.2) is 31.2 Å². The van der Waals surface area contributed by atoms with E-state index in [1.54, 1.807) is 0 Å². The Bertz CT molecular complexity index is 633. The smallest absolute Gasteiger partial charge is 0.0837 e. The quantitative estimate of drug-likeness (QED) is 0.942. The zero-order valence-corrected chi connectivity index (χ0v) is 12.7. The van der Waals surface area contributed by atoms with E-state index in [0.29, 0.717) is 0 Å². The van der Waals surface area contributed by atoms with E-state index in [0.717, 1.165) is 48.6 Å². The van der Waals surface area contributed by atoms with E-state index < -0.39 is 0 Å². The maximum Gasteiger partial charge on any atom is 0.0837 e. The van der Waals surface area contributed by atoms with Gasteiger partial charge in [0.25, 0.3) is 0 Å². The second-order valence-electron chi connectivity index (χ2n) is 5.56. The first kappa shape index (κ1) is 15.0. The van der Waals surface area contributed by atoms with E-state index in [2.05, 4.69) is 47.9 Å². The summed E-state index contributed by atoms with van der Waals surface area (Å²) >= 11 is 0. The van der Waals surface area contributed by atoms with Gasteiger partial charge in [-0.05, 0) is 28.3 Å². The van der Waals surface area contributed by atoms with Crippen molar-refractivity contribution in [2.24, 2.45) is 5.73 Å². The molecule has 22 heavy (non-hydrogen) atoms. The van der Waals surface area contributed by atoms with Crippen molar-refractivity contribution in [3.8, 4) is 0 Å². The highest BCUT2D eigenvalue weighted by molar-refractivity contribution is 5.78. The molecular formula is C19H22N2O. The van der Waals surface area contributed by atoms with Crippen molar-refractivity contribution in [3.63, 3.8) is 0 Å². The lowest BCUT2D eigenvalue weighted by atomic mass is 9.97. The number of nitrogens with two attached hydrogens (primary N) is 1. The van der Waals surface area contributed by atoms with E-state index in [9.17, 15) is 0 Å². The van der Waals surface area contributed by atoms with Gasteiger partial charge >= 0.3 is 0 Å². The Morgan fingerprint density at radius 2 is 1.68 bits per heavy atom. The standard InChI is InChI=1S/C19H22N2O/c1-15(16-6-3-2-4-7-16)17-8-5-9-18(14-17)19(20)21-10-12-22-13-11-21/h2-9,14,19H,1,10-13,20H2. The number of morpholine rings is 1. The van der Waals surface area contributed by atoms with Crippen LogP contribution in [0.4, 0.5) is 0 Å². The fourth-order valence-corrected chi connectivity index (χ4v) is 2.78. The Morgan fingerprint density at radius 1 is 1.00 bits per heavy atom. The first-order chi connectivity index (χ1) is 10.8.